The number of ether oxygens (including phenoxy) is 1. The van der Waals surface area contributed by atoms with Crippen LogP contribution < -0.4 is 5.73 Å². The van der Waals surface area contributed by atoms with Crippen molar-refractivity contribution < 1.29 is 9.53 Å². The summed E-state index contributed by atoms with van der Waals surface area (Å²) >= 11 is 0. The number of hydrogen-bond acceptors (Lipinski definition) is 3. The second-order valence-electron chi connectivity index (χ2n) is 6.10. The minimum atomic E-state index is -0.228. The molecule has 104 valence electrons. The maximum absolute atomic E-state index is 12.2. The minimum Gasteiger partial charge on any atom is -0.381 e. The van der Waals surface area contributed by atoms with Gasteiger partial charge in [-0.15, -0.1) is 0 Å². The zero-order chi connectivity index (χ0) is 13.0. The normalized spacial score (nSPS) is 27.1. The molecule has 1 heterocycles. The van der Waals surface area contributed by atoms with Gasteiger partial charge in [0, 0.05) is 32.2 Å². The van der Waals surface area contributed by atoms with Gasteiger partial charge in [-0.1, -0.05) is 12.8 Å². The third-order valence-corrected chi connectivity index (χ3v) is 4.32. The third kappa shape index (κ3) is 3.69. The van der Waals surface area contributed by atoms with Crippen molar-refractivity contribution >= 4 is 5.91 Å². The number of rotatable bonds is 4. The molecule has 4 nitrogen and oxygen atoms in total. The van der Waals surface area contributed by atoms with E-state index in [-0.39, 0.29) is 11.4 Å². The highest BCUT2D eigenvalue weighted by Gasteiger charge is 2.33. The fourth-order valence-corrected chi connectivity index (χ4v) is 3.13. The molecule has 1 saturated heterocycles. The van der Waals surface area contributed by atoms with Crippen LogP contribution in [0.2, 0.25) is 0 Å². The van der Waals surface area contributed by atoms with Crippen molar-refractivity contribution in [1.82, 2.24) is 4.90 Å². The van der Waals surface area contributed by atoms with Crippen LogP contribution in [0.3, 0.4) is 0 Å². The molecule has 0 aromatic heterocycles. The molecule has 0 radical (unpaired) electrons. The molecule has 0 aromatic carbocycles. The van der Waals surface area contributed by atoms with Crippen LogP contribution in [0, 0.1) is 5.92 Å². The van der Waals surface area contributed by atoms with Crippen molar-refractivity contribution in [3.8, 4) is 0 Å². The van der Waals surface area contributed by atoms with Gasteiger partial charge in [0.25, 0.3) is 0 Å². The lowest BCUT2D eigenvalue weighted by Gasteiger charge is -2.30. The Hall–Kier alpha value is -0.610. The van der Waals surface area contributed by atoms with Gasteiger partial charge in [-0.3, -0.25) is 4.79 Å². The fourth-order valence-electron chi connectivity index (χ4n) is 3.13. The number of hydrogen-bond donors (Lipinski definition) is 1. The average Bonchev–Trinajstić information content (AvgIpc) is 2.77. The van der Waals surface area contributed by atoms with E-state index in [4.69, 9.17) is 10.5 Å². The molecule has 0 aromatic rings. The zero-order valence-corrected chi connectivity index (χ0v) is 11.5. The summed E-state index contributed by atoms with van der Waals surface area (Å²) in [6.07, 6.45) is 7.14. The molecule has 1 amide bonds. The summed E-state index contributed by atoms with van der Waals surface area (Å²) in [4.78, 5) is 14.0. The minimum absolute atomic E-state index is 0.199. The third-order valence-electron chi connectivity index (χ3n) is 4.32. The number of nitrogens with zero attached hydrogens (tertiary/aromatic N) is 1. The molecule has 2 aliphatic rings. The lowest BCUT2D eigenvalue weighted by Crippen LogP contribution is -2.44. The second-order valence-corrected chi connectivity index (χ2v) is 6.10. The summed E-state index contributed by atoms with van der Waals surface area (Å²) in [7, 11) is 1.90. The number of nitrogens with two attached hydrogens (primary N) is 1. The van der Waals surface area contributed by atoms with Gasteiger partial charge in [-0.05, 0) is 31.6 Å². The van der Waals surface area contributed by atoms with Crippen molar-refractivity contribution in [2.45, 2.75) is 50.5 Å². The van der Waals surface area contributed by atoms with Gasteiger partial charge >= 0.3 is 0 Å². The molecule has 0 bridgehead atoms. The SMILES string of the molecule is CN(CC1CCCOC1)C(=O)CC1(N)CCCC1. The van der Waals surface area contributed by atoms with Crippen LogP contribution in [0.5, 0.6) is 0 Å². The van der Waals surface area contributed by atoms with Crippen molar-refractivity contribution in [2.75, 3.05) is 26.8 Å². The van der Waals surface area contributed by atoms with E-state index < -0.39 is 0 Å². The summed E-state index contributed by atoms with van der Waals surface area (Å²) in [6.45, 7) is 2.49. The number of carbonyl (C=O) groups is 1. The van der Waals surface area contributed by atoms with Crippen molar-refractivity contribution in [1.29, 1.82) is 0 Å². The highest BCUT2D eigenvalue weighted by molar-refractivity contribution is 5.77. The van der Waals surface area contributed by atoms with Gasteiger partial charge in [0.05, 0.1) is 6.61 Å². The first-order chi connectivity index (χ1) is 8.59. The zero-order valence-electron chi connectivity index (χ0n) is 11.5. The van der Waals surface area contributed by atoms with E-state index in [1.54, 1.807) is 0 Å². The van der Waals surface area contributed by atoms with Crippen LogP contribution in [-0.4, -0.2) is 43.2 Å². The molecular formula is C14H26N2O2. The number of amides is 1. The summed E-state index contributed by atoms with van der Waals surface area (Å²) in [6, 6.07) is 0. The van der Waals surface area contributed by atoms with E-state index in [0.717, 1.165) is 39.0 Å². The van der Waals surface area contributed by atoms with E-state index in [2.05, 4.69) is 0 Å². The summed E-state index contributed by atoms with van der Waals surface area (Å²) in [5, 5.41) is 0. The van der Waals surface area contributed by atoms with Crippen LogP contribution in [0.4, 0.5) is 0 Å². The molecule has 1 atom stereocenters. The molecule has 2 rings (SSSR count). The Morgan fingerprint density at radius 1 is 1.39 bits per heavy atom. The van der Waals surface area contributed by atoms with Crippen LogP contribution in [0.15, 0.2) is 0 Å². The first kappa shape index (κ1) is 13.8. The Kier molecular flexibility index (Phi) is 4.62. The molecule has 1 saturated carbocycles. The predicted octanol–water partition coefficient (Wildman–Crippen LogP) is 1.53. The first-order valence-electron chi connectivity index (χ1n) is 7.20. The Morgan fingerprint density at radius 2 is 2.11 bits per heavy atom. The van der Waals surface area contributed by atoms with E-state index in [1.165, 1.54) is 19.3 Å². The van der Waals surface area contributed by atoms with Gasteiger partial charge in [0.1, 0.15) is 0 Å². The maximum Gasteiger partial charge on any atom is 0.224 e. The topological polar surface area (TPSA) is 55.6 Å². The van der Waals surface area contributed by atoms with Crippen molar-refractivity contribution in [2.24, 2.45) is 11.7 Å². The summed E-state index contributed by atoms with van der Waals surface area (Å²) < 4.78 is 5.45. The summed E-state index contributed by atoms with van der Waals surface area (Å²) in [5.74, 6) is 0.704. The molecule has 18 heavy (non-hydrogen) atoms. The van der Waals surface area contributed by atoms with Gasteiger partial charge in [0.2, 0.25) is 5.91 Å². The summed E-state index contributed by atoms with van der Waals surface area (Å²) in [5.41, 5.74) is 6.03. The molecule has 4 heteroatoms. The van der Waals surface area contributed by atoms with Gasteiger partial charge in [0.15, 0.2) is 0 Å². The molecule has 1 aliphatic heterocycles. The van der Waals surface area contributed by atoms with Gasteiger partial charge < -0.3 is 15.4 Å². The van der Waals surface area contributed by atoms with Gasteiger partial charge in [-0.2, -0.15) is 0 Å². The number of carbonyl (C=O) groups excluding carboxylic acids is 1. The fraction of sp³-hybridized carbons (Fsp3) is 0.929. The smallest absolute Gasteiger partial charge is 0.224 e. The standard InChI is InChI=1S/C14H26N2O2/c1-16(10-12-5-4-8-18-11-12)13(17)9-14(15)6-2-3-7-14/h12H,2-11,15H2,1H3. The second kappa shape index (κ2) is 6.02. The first-order valence-corrected chi connectivity index (χ1v) is 7.20. The quantitative estimate of drug-likeness (QED) is 0.828. The van der Waals surface area contributed by atoms with Crippen LogP contribution >= 0.6 is 0 Å². The molecule has 2 N–H and O–H groups in total. The van der Waals surface area contributed by atoms with E-state index in [1.807, 2.05) is 11.9 Å². The largest absolute Gasteiger partial charge is 0.381 e. The van der Waals surface area contributed by atoms with E-state index in [0.29, 0.717) is 12.3 Å². The molecule has 0 spiro atoms. The van der Waals surface area contributed by atoms with Crippen molar-refractivity contribution in [3.63, 3.8) is 0 Å². The lowest BCUT2D eigenvalue weighted by molar-refractivity contribution is -0.132. The molecule has 1 unspecified atom stereocenters. The maximum atomic E-state index is 12.2. The Bertz CT molecular complexity index is 282. The van der Waals surface area contributed by atoms with E-state index in [9.17, 15) is 4.79 Å². The molecule has 1 aliphatic carbocycles. The predicted molar refractivity (Wildman–Crippen MR) is 71.2 cm³/mol. The Labute approximate surface area is 110 Å². The highest BCUT2D eigenvalue weighted by atomic mass is 16.5. The Morgan fingerprint density at radius 3 is 2.72 bits per heavy atom. The molecular weight excluding hydrogens is 228 g/mol. The van der Waals surface area contributed by atoms with Crippen molar-refractivity contribution in [3.05, 3.63) is 0 Å². The van der Waals surface area contributed by atoms with Crippen LogP contribution in [0.1, 0.15) is 44.9 Å². The van der Waals surface area contributed by atoms with Crippen LogP contribution in [0.25, 0.3) is 0 Å². The monoisotopic (exact) mass is 254 g/mol. The van der Waals surface area contributed by atoms with Gasteiger partial charge in [-0.25, -0.2) is 0 Å². The van der Waals surface area contributed by atoms with E-state index >= 15 is 0 Å². The highest BCUT2D eigenvalue weighted by Crippen LogP contribution is 2.30. The molecule has 2 fully saturated rings. The Balaban J connectivity index is 1.77. The average molecular weight is 254 g/mol. The van der Waals surface area contributed by atoms with Crippen LogP contribution in [-0.2, 0) is 9.53 Å². The lowest BCUT2D eigenvalue weighted by atomic mass is 9.93.